The second-order valence-corrected chi connectivity index (χ2v) is 11.5. The summed E-state index contributed by atoms with van der Waals surface area (Å²) in [5, 5.41) is 2.24. The topological polar surface area (TPSA) is 36.8 Å². The van der Waals surface area contributed by atoms with Crippen molar-refractivity contribution >= 4 is 51.2 Å². The standard InChI is InChI=1S/C39H27BN5O.Pt/c1-42-35-22-20-31(46-30-19-21-33-32-16-8-9-17-34(32)45(36(33)24-30)39-18-10-11-23-41-39)25-37(35)44-27-43(29-14-6-3-7-15-29)26-38(44)40(42)28-12-4-2-5-13-28;/h2-23,26-27H,1H3;/q-3;. The zero-order valence-corrected chi connectivity index (χ0v) is 27.7. The molecule has 0 bridgehead atoms. The van der Waals surface area contributed by atoms with Crippen LogP contribution in [0.15, 0.2) is 145 Å². The Balaban J connectivity index is 0.00000324. The third kappa shape index (κ3) is 4.90. The molecule has 0 aliphatic carbocycles. The molecule has 0 fully saturated rings. The van der Waals surface area contributed by atoms with E-state index in [0.717, 1.165) is 50.3 Å². The number of aromatic nitrogens is 2. The van der Waals surface area contributed by atoms with E-state index in [9.17, 15) is 0 Å². The van der Waals surface area contributed by atoms with Gasteiger partial charge in [0.15, 0.2) is 0 Å². The van der Waals surface area contributed by atoms with Gasteiger partial charge in [-0.3, -0.25) is 0 Å². The maximum Gasteiger partial charge on any atom is 0.327 e. The molecule has 7 aromatic rings. The molecule has 2 aliphatic rings. The number of benzene rings is 5. The second kappa shape index (κ2) is 11.8. The SMILES string of the molecule is CN1B(c2ccccc2)C2=CN(c3ccccc3)[CH-]N2c2[c-]c(Oc3[c-]c4c(cc3)c3ccccc3n4-c3ccccn3)ccc21.[Pt]. The zero-order chi connectivity index (χ0) is 30.6. The molecule has 0 saturated carbocycles. The molecule has 0 unspecified atom stereocenters. The normalized spacial score (nSPS) is 13.8. The van der Waals surface area contributed by atoms with Gasteiger partial charge in [-0.1, -0.05) is 95.2 Å². The van der Waals surface area contributed by atoms with E-state index in [1.54, 1.807) is 0 Å². The quantitative estimate of drug-likeness (QED) is 0.132. The zero-order valence-electron chi connectivity index (χ0n) is 25.4. The summed E-state index contributed by atoms with van der Waals surface area (Å²) in [6.07, 6.45) is 4.03. The number of rotatable bonds is 5. The van der Waals surface area contributed by atoms with Crippen LogP contribution >= 0.6 is 0 Å². The number of hydrogen-bond donors (Lipinski definition) is 0. The number of nitrogens with zero attached hydrogens (tertiary/aromatic N) is 5. The number of pyridine rings is 1. The second-order valence-electron chi connectivity index (χ2n) is 11.5. The first-order valence-corrected chi connectivity index (χ1v) is 15.3. The fourth-order valence-corrected chi connectivity index (χ4v) is 6.69. The molecule has 0 atom stereocenters. The van der Waals surface area contributed by atoms with Crippen molar-refractivity contribution in [2.45, 2.75) is 0 Å². The van der Waals surface area contributed by atoms with Crippen LogP contribution in [0.2, 0.25) is 0 Å². The summed E-state index contributed by atoms with van der Waals surface area (Å²) in [4.78, 5) is 11.4. The van der Waals surface area contributed by atoms with Gasteiger partial charge in [0, 0.05) is 50.0 Å². The smallest absolute Gasteiger partial charge is 0.327 e. The van der Waals surface area contributed by atoms with Crippen LogP contribution in [0.5, 0.6) is 11.5 Å². The van der Waals surface area contributed by atoms with E-state index in [0.29, 0.717) is 11.5 Å². The average molecular weight is 788 g/mol. The Morgan fingerprint density at radius 1 is 0.723 bits per heavy atom. The fourth-order valence-electron chi connectivity index (χ4n) is 6.69. The van der Waals surface area contributed by atoms with Gasteiger partial charge in [0.1, 0.15) is 5.82 Å². The molecule has 9 rings (SSSR count). The monoisotopic (exact) mass is 787 g/mol. The molecule has 4 heterocycles. The number of anilines is 3. The largest absolute Gasteiger partial charge is 0.509 e. The number of fused-ring (bicyclic) bond motifs is 6. The minimum Gasteiger partial charge on any atom is -0.509 e. The molecule has 0 amide bonds. The van der Waals surface area contributed by atoms with Crippen LogP contribution in [-0.4, -0.2) is 23.4 Å². The molecule has 0 N–H and O–H groups in total. The van der Waals surface area contributed by atoms with Gasteiger partial charge in [-0.2, -0.15) is 6.07 Å². The van der Waals surface area contributed by atoms with Gasteiger partial charge in [-0.15, -0.1) is 42.4 Å². The van der Waals surface area contributed by atoms with Gasteiger partial charge < -0.3 is 23.9 Å². The molecule has 0 radical (unpaired) electrons. The van der Waals surface area contributed by atoms with E-state index in [4.69, 9.17) is 4.74 Å². The van der Waals surface area contributed by atoms with Crippen molar-refractivity contribution in [3.05, 3.63) is 164 Å². The Hall–Kier alpha value is -5.26. The average Bonchev–Trinajstić information content (AvgIpc) is 3.70. The number of para-hydroxylation sites is 2. The van der Waals surface area contributed by atoms with E-state index in [2.05, 4.69) is 147 Å². The van der Waals surface area contributed by atoms with Gasteiger partial charge in [-0.25, -0.2) is 4.98 Å². The van der Waals surface area contributed by atoms with Crippen LogP contribution < -0.4 is 24.8 Å². The van der Waals surface area contributed by atoms with Crippen molar-refractivity contribution in [3.63, 3.8) is 0 Å². The predicted molar refractivity (Wildman–Crippen MR) is 187 cm³/mol. The van der Waals surface area contributed by atoms with E-state index in [1.165, 1.54) is 5.46 Å². The molecule has 6 nitrogen and oxygen atoms in total. The van der Waals surface area contributed by atoms with Crippen LogP contribution in [0.4, 0.5) is 17.1 Å². The minimum absolute atomic E-state index is 0. The van der Waals surface area contributed by atoms with Gasteiger partial charge in [0.05, 0.1) is 0 Å². The molecule has 0 saturated heterocycles. The Morgan fingerprint density at radius 3 is 2.26 bits per heavy atom. The molecule has 2 aromatic heterocycles. The predicted octanol–water partition coefficient (Wildman–Crippen LogP) is 7.74. The minimum atomic E-state index is 0. The molecule has 8 heteroatoms. The first kappa shape index (κ1) is 29.2. The van der Waals surface area contributed by atoms with Gasteiger partial charge in [-0.05, 0) is 54.6 Å². The Morgan fingerprint density at radius 2 is 1.45 bits per heavy atom. The Bertz CT molecular complexity index is 2260. The molecule has 0 spiro atoms. The van der Waals surface area contributed by atoms with Crippen molar-refractivity contribution in [1.82, 2.24) is 9.55 Å². The van der Waals surface area contributed by atoms with Crippen molar-refractivity contribution in [3.8, 4) is 17.3 Å². The van der Waals surface area contributed by atoms with E-state index >= 15 is 0 Å². The van der Waals surface area contributed by atoms with Gasteiger partial charge in [0.25, 0.3) is 0 Å². The summed E-state index contributed by atoms with van der Waals surface area (Å²) >= 11 is 0. The summed E-state index contributed by atoms with van der Waals surface area (Å²) in [6, 6.07) is 50.7. The number of hydrogen-bond acceptors (Lipinski definition) is 5. The van der Waals surface area contributed by atoms with Crippen molar-refractivity contribution in [2.75, 3.05) is 21.7 Å². The Labute approximate surface area is 288 Å². The van der Waals surface area contributed by atoms with Crippen molar-refractivity contribution in [1.29, 1.82) is 0 Å². The summed E-state index contributed by atoms with van der Waals surface area (Å²) in [6.45, 7) is 2.17. The van der Waals surface area contributed by atoms with Crippen LogP contribution in [-0.2, 0) is 21.1 Å². The maximum atomic E-state index is 6.51. The van der Waals surface area contributed by atoms with Crippen LogP contribution in [0.25, 0.3) is 27.6 Å². The van der Waals surface area contributed by atoms with E-state index in [1.807, 2.05) is 42.6 Å². The Kier molecular flexibility index (Phi) is 7.34. The van der Waals surface area contributed by atoms with Crippen molar-refractivity contribution < 1.29 is 25.8 Å². The van der Waals surface area contributed by atoms with Crippen LogP contribution in [0.1, 0.15) is 0 Å². The fraction of sp³-hybridized carbons (Fsp3) is 0.0256. The summed E-state index contributed by atoms with van der Waals surface area (Å²) in [5.74, 6) is 2.07. The first-order chi connectivity index (χ1) is 22.7. The molecule has 2 aliphatic heterocycles. The molecule has 5 aromatic carbocycles. The molecule has 230 valence electrons. The molecule has 47 heavy (non-hydrogen) atoms. The van der Waals surface area contributed by atoms with Crippen LogP contribution in [0, 0.1) is 18.8 Å². The summed E-state index contributed by atoms with van der Waals surface area (Å²) in [7, 11) is 2.15. The van der Waals surface area contributed by atoms with E-state index < -0.39 is 0 Å². The number of ether oxygens (including phenoxy) is 1. The molecular formula is C39H27BN5OPt-3. The first-order valence-electron chi connectivity index (χ1n) is 15.3. The summed E-state index contributed by atoms with van der Waals surface area (Å²) < 4.78 is 8.65. The van der Waals surface area contributed by atoms with Crippen molar-refractivity contribution in [2.24, 2.45) is 0 Å². The van der Waals surface area contributed by atoms with Crippen LogP contribution in [0.3, 0.4) is 0 Å². The van der Waals surface area contributed by atoms with Gasteiger partial charge in [0.2, 0.25) is 0 Å². The maximum absolute atomic E-state index is 6.51. The van der Waals surface area contributed by atoms with E-state index in [-0.39, 0.29) is 27.9 Å². The third-order valence-corrected chi connectivity index (χ3v) is 8.78. The molecular weight excluding hydrogens is 760 g/mol. The summed E-state index contributed by atoms with van der Waals surface area (Å²) in [5.41, 5.74) is 7.46. The third-order valence-electron chi connectivity index (χ3n) is 8.78. The van der Waals surface area contributed by atoms with Gasteiger partial charge >= 0.3 is 6.85 Å².